The van der Waals surface area contributed by atoms with Gasteiger partial charge in [-0.25, -0.2) is 0 Å². The molecule has 3 heterocycles. The molecule has 0 radical (unpaired) electrons. The summed E-state index contributed by atoms with van der Waals surface area (Å²) < 4.78 is 5.07. The van der Waals surface area contributed by atoms with Crippen molar-refractivity contribution in [2.75, 3.05) is 0 Å². The van der Waals surface area contributed by atoms with E-state index in [1.54, 1.807) is 0 Å². The molecular weight excluding hydrogens is 701 g/mol. The van der Waals surface area contributed by atoms with Crippen LogP contribution in [0.5, 0.6) is 0 Å². The molecule has 13 rings (SSSR count). The zero-order valence-corrected chi connectivity index (χ0v) is 31.8. The fourth-order valence-electron chi connectivity index (χ4n) is 10.2. The molecule has 0 amide bonds. The summed E-state index contributed by atoms with van der Waals surface area (Å²) in [7, 11) is 0. The summed E-state index contributed by atoms with van der Waals surface area (Å²) >= 11 is 0. The zero-order valence-electron chi connectivity index (χ0n) is 31.8. The number of benzene rings is 9. The molecule has 11 aromatic rings. The van der Waals surface area contributed by atoms with Gasteiger partial charge in [-0.2, -0.15) is 0 Å². The number of rotatable bonds is 3. The van der Waals surface area contributed by atoms with Crippen LogP contribution in [0.4, 0.5) is 0 Å². The predicted octanol–water partition coefficient (Wildman–Crippen LogP) is 15.2. The lowest BCUT2D eigenvalue weighted by Crippen LogP contribution is -2.01. The molecule has 2 heteroatoms. The van der Waals surface area contributed by atoms with E-state index in [1.165, 1.54) is 121 Å². The van der Waals surface area contributed by atoms with Crippen LogP contribution in [-0.4, -0.2) is 9.13 Å². The van der Waals surface area contributed by atoms with E-state index < -0.39 is 0 Å². The van der Waals surface area contributed by atoms with E-state index in [0.29, 0.717) is 0 Å². The van der Waals surface area contributed by atoms with Gasteiger partial charge in [0.1, 0.15) is 0 Å². The molecule has 0 atom stereocenters. The highest BCUT2D eigenvalue weighted by atomic mass is 15.0. The second-order valence-electron chi connectivity index (χ2n) is 16.0. The number of hydrogen-bond donors (Lipinski definition) is 0. The van der Waals surface area contributed by atoms with Gasteiger partial charge < -0.3 is 9.13 Å². The molecule has 2 aliphatic rings. The fourth-order valence-corrected chi connectivity index (χ4v) is 10.2. The third kappa shape index (κ3) is 4.49. The van der Waals surface area contributed by atoms with Crippen LogP contribution in [0.25, 0.3) is 115 Å². The van der Waals surface area contributed by atoms with Crippen LogP contribution in [0.2, 0.25) is 0 Å². The maximum Gasteiger partial charge on any atom is 0.0616 e. The Morgan fingerprint density at radius 3 is 1.71 bits per heavy atom. The van der Waals surface area contributed by atoms with Crippen LogP contribution in [-0.2, 0) is 0 Å². The summed E-state index contributed by atoms with van der Waals surface area (Å²) in [5, 5.41) is 10.2. The molecule has 0 N–H and O–H groups in total. The fraction of sp³-hybridized carbons (Fsp3) is 0.0357. The van der Waals surface area contributed by atoms with Crippen molar-refractivity contribution >= 4 is 76.4 Å². The second kappa shape index (κ2) is 12.0. The first kappa shape index (κ1) is 31.7. The lowest BCUT2D eigenvalue weighted by atomic mass is 9.88. The summed E-state index contributed by atoms with van der Waals surface area (Å²) in [6, 6.07) is 67.9. The first-order chi connectivity index (χ1) is 28.8. The molecule has 0 fully saturated rings. The normalized spacial score (nSPS) is 13.6. The standard InChI is InChI=1S/C56H36N2/c1-2-13-35(14-3-1)46-29-36-15-6-7-18-39(36)34-55(46)57-51-23-10-9-20-43(51)49-32-40(25-27-53(49)57)41-26-28-54-50(33-41)45-22-12-21-44-48-31-38-17-5-4-16-37(38)30-47(48)42-19-8-11-24-52(42)58(54)56(44)45/h1-10,12-23,25-34H,11,24H2. The van der Waals surface area contributed by atoms with Crippen molar-refractivity contribution in [1.29, 1.82) is 0 Å². The molecule has 0 unspecified atom stereocenters. The van der Waals surface area contributed by atoms with Crippen LogP contribution in [0.1, 0.15) is 18.4 Å². The third-order valence-electron chi connectivity index (χ3n) is 12.9. The van der Waals surface area contributed by atoms with Crippen molar-refractivity contribution < 1.29 is 0 Å². The molecule has 0 saturated heterocycles. The van der Waals surface area contributed by atoms with Crippen molar-refractivity contribution in [2.45, 2.75) is 12.8 Å². The Morgan fingerprint density at radius 1 is 0.362 bits per heavy atom. The average Bonchev–Trinajstić information content (AvgIpc) is 3.76. The zero-order chi connectivity index (χ0) is 37.9. The van der Waals surface area contributed by atoms with Crippen molar-refractivity contribution in [2.24, 2.45) is 0 Å². The molecule has 1 aliphatic heterocycles. The van der Waals surface area contributed by atoms with Gasteiger partial charge >= 0.3 is 0 Å². The minimum atomic E-state index is 1.01. The smallest absolute Gasteiger partial charge is 0.0616 e. The molecule has 0 spiro atoms. The van der Waals surface area contributed by atoms with Crippen LogP contribution in [0, 0.1) is 0 Å². The van der Waals surface area contributed by atoms with Gasteiger partial charge in [-0.15, -0.1) is 0 Å². The number of nitrogens with zero attached hydrogens (tertiary/aromatic N) is 2. The largest absolute Gasteiger partial charge is 0.312 e. The van der Waals surface area contributed by atoms with Crippen molar-refractivity contribution in [3.63, 3.8) is 0 Å². The number of hydrogen-bond acceptors (Lipinski definition) is 0. The monoisotopic (exact) mass is 736 g/mol. The third-order valence-corrected chi connectivity index (χ3v) is 12.9. The first-order valence-corrected chi connectivity index (χ1v) is 20.4. The molecule has 0 saturated carbocycles. The Labute approximate surface area is 335 Å². The quantitative estimate of drug-likeness (QED) is 0.171. The number of fused-ring (bicyclic) bond motifs is 12. The summed E-state index contributed by atoms with van der Waals surface area (Å²) in [4.78, 5) is 0. The van der Waals surface area contributed by atoms with E-state index in [0.717, 1.165) is 12.8 Å². The van der Waals surface area contributed by atoms with Gasteiger partial charge in [0.15, 0.2) is 0 Å². The maximum atomic E-state index is 2.60. The Bertz CT molecular complexity index is 3610. The van der Waals surface area contributed by atoms with Crippen molar-refractivity contribution in [1.82, 2.24) is 9.13 Å². The molecule has 58 heavy (non-hydrogen) atoms. The number of allylic oxidation sites excluding steroid dienone is 4. The topological polar surface area (TPSA) is 9.86 Å². The molecule has 2 nitrogen and oxygen atoms in total. The Balaban J connectivity index is 1.03. The molecular formula is C56H36N2. The van der Waals surface area contributed by atoms with E-state index in [2.05, 4.69) is 203 Å². The van der Waals surface area contributed by atoms with E-state index >= 15 is 0 Å². The van der Waals surface area contributed by atoms with Crippen molar-refractivity contribution in [3.8, 4) is 39.1 Å². The Kier molecular flexibility index (Phi) is 6.59. The highest BCUT2D eigenvalue weighted by Crippen LogP contribution is 2.49. The van der Waals surface area contributed by atoms with Crippen LogP contribution in [0.3, 0.4) is 0 Å². The number of para-hydroxylation sites is 2. The van der Waals surface area contributed by atoms with E-state index in [1.807, 2.05) is 0 Å². The first-order valence-electron chi connectivity index (χ1n) is 20.4. The van der Waals surface area contributed by atoms with Gasteiger partial charge in [-0.3, -0.25) is 0 Å². The van der Waals surface area contributed by atoms with Gasteiger partial charge in [0.25, 0.3) is 0 Å². The summed E-state index contributed by atoms with van der Waals surface area (Å²) in [5.74, 6) is 0. The molecule has 9 aromatic carbocycles. The second-order valence-corrected chi connectivity index (χ2v) is 16.0. The predicted molar refractivity (Wildman–Crippen MR) is 247 cm³/mol. The average molecular weight is 737 g/mol. The van der Waals surface area contributed by atoms with E-state index in [4.69, 9.17) is 0 Å². The lowest BCUT2D eigenvalue weighted by molar-refractivity contribution is 0.986. The molecule has 0 bridgehead atoms. The highest BCUT2D eigenvalue weighted by molar-refractivity contribution is 6.20. The van der Waals surface area contributed by atoms with Gasteiger partial charge in [0.2, 0.25) is 0 Å². The van der Waals surface area contributed by atoms with E-state index in [9.17, 15) is 0 Å². The van der Waals surface area contributed by atoms with Crippen LogP contribution < -0.4 is 0 Å². The van der Waals surface area contributed by atoms with Gasteiger partial charge in [0, 0.05) is 43.9 Å². The Hall–Kier alpha value is -7.42. The van der Waals surface area contributed by atoms with E-state index in [-0.39, 0.29) is 0 Å². The summed E-state index contributed by atoms with van der Waals surface area (Å²) in [6.07, 6.45) is 6.78. The lowest BCUT2D eigenvalue weighted by Gasteiger charge is -2.19. The van der Waals surface area contributed by atoms with Gasteiger partial charge in [-0.1, -0.05) is 140 Å². The maximum absolute atomic E-state index is 2.60. The number of aromatic nitrogens is 2. The van der Waals surface area contributed by atoms with Crippen LogP contribution in [0.15, 0.2) is 194 Å². The highest BCUT2D eigenvalue weighted by Gasteiger charge is 2.27. The minimum absolute atomic E-state index is 1.01. The molecule has 1 aliphatic carbocycles. The molecule has 270 valence electrons. The summed E-state index contributed by atoms with van der Waals surface area (Å²) in [5.41, 5.74) is 17.8. The SMILES string of the molecule is C1=CC2=C(CC1)n1c3ccc(-c4ccc5c(c4)c4ccccc4n5-c4cc5ccccc5cc4-c4ccccc4)cc3c3cccc(c31)-c1cc3ccccc3cc12. The van der Waals surface area contributed by atoms with Gasteiger partial charge in [-0.05, 0) is 117 Å². The molecule has 2 aromatic heterocycles. The minimum Gasteiger partial charge on any atom is -0.312 e. The van der Waals surface area contributed by atoms with Crippen molar-refractivity contribution in [3.05, 3.63) is 200 Å². The van der Waals surface area contributed by atoms with Crippen LogP contribution >= 0.6 is 0 Å². The Morgan fingerprint density at radius 2 is 0.948 bits per heavy atom. The van der Waals surface area contributed by atoms with Gasteiger partial charge in [0.05, 0.1) is 27.8 Å². The summed E-state index contributed by atoms with van der Waals surface area (Å²) in [6.45, 7) is 0.